The van der Waals surface area contributed by atoms with E-state index >= 15 is 0 Å². The molecule has 1 rings (SSSR count). The average Bonchev–Trinajstić information content (AvgIpc) is 2.31. The lowest BCUT2D eigenvalue weighted by Gasteiger charge is -2.24. The summed E-state index contributed by atoms with van der Waals surface area (Å²) in [6.07, 6.45) is 1.67. The zero-order valence-corrected chi connectivity index (χ0v) is 11.8. The third-order valence-corrected chi connectivity index (χ3v) is 3.31. The van der Waals surface area contributed by atoms with Crippen molar-refractivity contribution < 1.29 is 9.13 Å². The van der Waals surface area contributed by atoms with Gasteiger partial charge in [-0.05, 0) is 35.3 Å². The monoisotopic (exact) mass is 303 g/mol. The number of hydrogen-bond acceptors (Lipinski definition) is 2. The highest BCUT2D eigenvalue weighted by molar-refractivity contribution is 9.10. The molecule has 0 saturated heterocycles. The van der Waals surface area contributed by atoms with Crippen molar-refractivity contribution in [1.82, 2.24) is 0 Å². The number of benzene rings is 1. The lowest BCUT2D eigenvalue weighted by molar-refractivity contribution is 0.0366. The van der Waals surface area contributed by atoms with Crippen LogP contribution < -0.4 is 5.73 Å². The number of rotatable bonds is 6. The van der Waals surface area contributed by atoms with Crippen LogP contribution in [0.25, 0.3) is 0 Å². The molecule has 2 atom stereocenters. The second kappa shape index (κ2) is 7.09. The Hall–Kier alpha value is -0.450. The summed E-state index contributed by atoms with van der Waals surface area (Å²) in [6.45, 7) is 4.58. The van der Waals surface area contributed by atoms with Crippen LogP contribution in [0.3, 0.4) is 0 Å². The third-order valence-electron chi connectivity index (χ3n) is 2.70. The lowest BCUT2D eigenvalue weighted by atomic mass is 9.98. The first-order chi connectivity index (χ1) is 8.11. The van der Waals surface area contributed by atoms with E-state index in [9.17, 15) is 4.39 Å². The maximum absolute atomic E-state index is 13.9. The van der Waals surface area contributed by atoms with Crippen LogP contribution in [0, 0.1) is 5.82 Å². The molecule has 0 aliphatic rings. The van der Waals surface area contributed by atoms with Crippen LogP contribution in [0.4, 0.5) is 4.39 Å². The molecular formula is C13H19BrFNO. The van der Waals surface area contributed by atoms with E-state index in [1.807, 2.05) is 6.92 Å². The highest BCUT2D eigenvalue weighted by Gasteiger charge is 2.22. The zero-order valence-electron chi connectivity index (χ0n) is 10.2. The summed E-state index contributed by atoms with van der Waals surface area (Å²) in [4.78, 5) is 0. The molecule has 0 saturated carbocycles. The van der Waals surface area contributed by atoms with E-state index in [4.69, 9.17) is 10.5 Å². The van der Waals surface area contributed by atoms with Gasteiger partial charge in [0.1, 0.15) is 5.82 Å². The topological polar surface area (TPSA) is 35.2 Å². The van der Waals surface area contributed by atoms with Crippen LogP contribution in [0.2, 0.25) is 0 Å². The summed E-state index contributed by atoms with van der Waals surface area (Å²) in [5.41, 5.74) is 6.60. The van der Waals surface area contributed by atoms with Gasteiger partial charge in [-0.2, -0.15) is 0 Å². The molecule has 0 aromatic heterocycles. The summed E-state index contributed by atoms with van der Waals surface area (Å²) in [5, 5.41) is 0. The van der Waals surface area contributed by atoms with Gasteiger partial charge in [-0.3, -0.25) is 0 Å². The predicted octanol–water partition coefficient (Wildman–Crippen LogP) is 3.79. The largest absolute Gasteiger partial charge is 0.377 e. The van der Waals surface area contributed by atoms with Crippen LogP contribution >= 0.6 is 15.9 Å². The fraction of sp³-hybridized carbons (Fsp3) is 0.538. The van der Waals surface area contributed by atoms with E-state index in [-0.39, 0.29) is 11.9 Å². The van der Waals surface area contributed by atoms with E-state index in [0.29, 0.717) is 16.6 Å². The third kappa shape index (κ3) is 3.76. The van der Waals surface area contributed by atoms with E-state index in [1.165, 1.54) is 0 Å². The minimum Gasteiger partial charge on any atom is -0.377 e. The molecule has 0 fully saturated rings. The zero-order chi connectivity index (χ0) is 12.8. The van der Waals surface area contributed by atoms with Gasteiger partial charge < -0.3 is 10.5 Å². The minimum atomic E-state index is -0.424. The molecule has 1 aromatic carbocycles. The Bertz CT molecular complexity index is 353. The lowest BCUT2D eigenvalue weighted by Crippen LogP contribution is -2.29. The first-order valence-electron chi connectivity index (χ1n) is 5.92. The standard InChI is InChI=1S/C13H19BrFNO/c1-3-6-11(17-4-2)13(16)9-7-5-8-10(14)12(9)15/h5,7-8,11,13H,3-4,6,16H2,1-2H3. The van der Waals surface area contributed by atoms with Crippen molar-refractivity contribution in [3.05, 3.63) is 34.1 Å². The van der Waals surface area contributed by atoms with Gasteiger partial charge in [0.2, 0.25) is 0 Å². The van der Waals surface area contributed by atoms with Crippen molar-refractivity contribution in [2.75, 3.05) is 6.61 Å². The first-order valence-corrected chi connectivity index (χ1v) is 6.72. The minimum absolute atomic E-state index is 0.131. The Morgan fingerprint density at radius 1 is 1.41 bits per heavy atom. The molecular weight excluding hydrogens is 285 g/mol. The van der Waals surface area contributed by atoms with Gasteiger partial charge in [0.05, 0.1) is 16.6 Å². The maximum Gasteiger partial charge on any atom is 0.142 e. The Labute approximate surface area is 110 Å². The SMILES string of the molecule is CCCC(OCC)C(N)c1cccc(Br)c1F. The Kier molecular flexibility index (Phi) is 6.09. The molecule has 0 aliphatic carbocycles. The van der Waals surface area contributed by atoms with Crippen molar-refractivity contribution in [2.45, 2.75) is 38.8 Å². The number of halogens is 2. The molecule has 96 valence electrons. The Morgan fingerprint density at radius 3 is 2.71 bits per heavy atom. The number of ether oxygens (including phenoxy) is 1. The second-order valence-corrected chi connectivity index (χ2v) is 4.81. The van der Waals surface area contributed by atoms with Gasteiger partial charge >= 0.3 is 0 Å². The number of nitrogens with two attached hydrogens (primary N) is 1. The predicted molar refractivity (Wildman–Crippen MR) is 71.4 cm³/mol. The molecule has 0 aliphatic heterocycles. The van der Waals surface area contributed by atoms with E-state index in [1.54, 1.807) is 18.2 Å². The van der Waals surface area contributed by atoms with Crippen molar-refractivity contribution in [3.63, 3.8) is 0 Å². The normalized spacial score (nSPS) is 14.6. The van der Waals surface area contributed by atoms with E-state index < -0.39 is 6.04 Å². The highest BCUT2D eigenvalue weighted by atomic mass is 79.9. The van der Waals surface area contributed by atoms with Crippen LogP contribution in [0.15, 0.2) is 22.7 Å². The smallest absolute Gasteiger partial charge is 0.142 e. The van der Waals surface area contributed by atoms with Crippen molar-refractivity contribution in [2.24, 2.45) is 5.73 Å². The molecule has 2 N–H and O–H groups in total. The van der Waals surface area contributed by atoms with E-state index in [2.05, 4.69) is 22.9 Å². The van der Waals surface area contributed by atoms with Crippen molar-refractivity contribution in [3.8, 4) is 0 Å². The molecule has 4 heteroatoms. The number of hydrogen-bond donors (Lipinski definition) is 1. The molecule has 1 aromatic rings. The second-order valence-electron chi connectivity index (χ2n) is 3.95. The van der Waals surface area contributed by atoms with Crippen molar-refractivity contribution >= 4 is 15.9 Å². The highest BCUT2D eigenvalue weighted by Crippen LogP contribution is 2.27. The fourth-order valence-corrected chi connectivity index (χ4v) is 2.22. The van der Waals surface area contributed by atoms with Crippen LogP contribution in [-0.4, -0.2) is 12.7 Å². The molecule has 0 amide bonds. The van der Waals surface area contributed by atoms with Gasteiger partial charge in [0.25, 0.3) is 0 Å². The van der Waals surface area contributed by atoms with Crippen LogP contribution in [0.5, 0.6) is 0 Å². The molecule has 0 radical (unpaired) electrons. The fourth-order valence-electron chi connectivity index (χ4n) is 1.84. The van der Waals surface area contributed by atoms with Crippen LogP contribution in [0.1, 0.15) is 38.3 Å². The van der Waals surface area contributed by atoms with Gasteiger partial charge in [0, 0.05) is 12.2 Å². The van der Waals surface area contributed by atoms with Crippen LogP contribution in [-0.2, 0) is 4.74 Å². The molecule has 0 heterocycles. The van der Waals surface area contributed by atoms with Gasteiger partial charge in [-0.15, -0.1) is 0 Å². The van der Waals surface area contributed by atoms with Gasteiger partial charge in [-0.1, -0.05) is 25.5 Å². The molecule has 2 nitrogen and oxygen atoms in total. The van der Waals surface area contributed by atoms with Crippen molar-refractivity contribution in [1.29, 1.82) is 0 Å². The summed E-state index contributed by atoms with van der Waals surface area (Å²) < 4.78 is 19.9. The first kappa shape index (κ1) is 14.6. The average molecular weight is 304 g/mol. The Morgan fingerprint density at radius 2 is 2.12 bits per heavy atom. The summed E-state index contributed by atoms with van der Waals surface area (Å²) in [6, 6.07) is 4.75. The molecule has 0 bridgehead atoms. The Balaban J connectivity index is 2.92. The molecule has 0 spiro atoms. The summed E-state index contributed by atoms with van der Waals surface area (Å²) in [7, 11) is 0. The van der Waals surface area contributed by atoms with Gasteiger partial charge in [0.15, 0.2) is 0 Å². The molecule has 2 unspecified atom stereocenters. The summed E-state index contributed by atoms with van der Waals surface area (Å²) in [5.74, 6) is -0.291. The summed E-state index contributed by atoms with van der Waals surface area (Å²) >= 11 is 3.17. The quantitative estimate of drug-likeness (QED) is 0.867. The van der Waals surface area contributed by atoms with E-state index in [0.717, 1.165) is 12.8 Å². The maximum atomic E-state index is 13.9. The molecule has 17 heavy (non-hydrogen) atoms. The van der Waals surface area contributed by atoms with Gasteiger partial charge in [-0.25, -0.2) is 4.39 Å².